The summed E-state index contributed by atoms with van der Waals surface area (Å²) in [5.41, 5.74) is 0.729. The third-order valence-electron chi connectivity index (χ3n) is 2.33. The van der Waals surface area contributed by atoms with Crippen LogP contribution >= 0.6 is 11.6 Å². The number of nitrogens with one attached hydrogen (secondary N) is 1. The Bertz CT molecular complexity index is 647. The number of hydrogen-bond donors (Lipinski definition) is 1. The van der Waals surface area contributed by atoms with Crippen LogP contribution in [0, 0.1) is 0 Å². The van der Waals surface area contributed by atoms with Crippen molar-refractivity contribution in [1.82, 2.24) is 9.97 Å². The average molecular weight is 298 g/mol. The summed E-state index contributed by atoms with van der Waals surface area (Å²) >= 11 is 5.69. The molecule has 2 aromatic heterocycles. The fourth-order valence-corrected chi connectivity index (χ4v) is 2.64. The molecule has 0 bridgehead atoms. The summed E-state index contributed by atoms with van der Waals surface area (Å²) in [6.07, 6.45) is 1.98. The second kappa shape index (κ2) is 5.99. The van der Waals surface area contributed by atoms with E-state index in [-0.39, 0.29) is 16.7 Å². The van der Waals surface area contributed by atoms with E-state index < -0.39 is 10.0 Å². The largest absolute Gasteiger partial charge is 0.267 e. The van der Waals surface area contributed by atoms with Gasteiger partial charge < -0.3 is 0 Å². The molecule has 100 valence electrons. The van der Waals surface area contributed by atoms with Crippen LogP contribution in [0.4, 0.5) is 5.82 Å². The van der Waals surface area contributed by atoms with Gasteiger partial charge >= 0.3 is 0 Å². The molecule has 19 heavy (non-hydrogen) atoms. The number of sulfonamides is 1. The number of nitrogens with zero attached hydrogens (tertiary/aromatic N) is 2. The predicted octanol–water partition coefficient (Wildman–Crippen LogP) is 2.11. The van der Waals surface area contributed by atoms with Crippen molar-refractivity contribution in [1.29, 1.82) is 0 Å². The Morgan fingerprint density at radius 3 is 2.68 bits per heavy atom. The summed E-state index contributed by atoms with van der Waals surface area (Å²) in [5, 5.41) is 0.241. The number of aromatic nitrogens is 2. The minimum absolute atomic E-state index is 0.0573. The highest BCUT2D eigenvalue weighted by molar-refractivity contribution is 7.92. The van der Waals surface area contributed by atoms with Gasteiger partial charge in [0.2, 0.25) is 10.0 Å². The van der Waals surface area contributed by atoms with Crippen molar-refractivity contribution in [3.8, 4) is 0 Å². The van der Waals surface area contributed by atoms with E-state index in [1.165, 1.54) is 0 Å². The molecule has 0 fully saturated rings. The van der Waals surface area contributed by atoms with Crippen LogP contribution < -0.4 is 4.72 Å². The summed E-state index contributed by atoms with van der Waals surface area (Å²) in [5.74, 6) is 0.159. The van der Waals surface area contributed by atoms with E-state index in [1.807, 2.05) is 6.07 Å². The van der Waals surface area contributed by atoms with Crippen LogP contribution in [0.5, 0.6) is 0 Å². The number of hydrogen-bond acceptors (Lipinski definition) is 4. The van der Waals surface area contributed by atoms with Gasteiger partial charge in [0.15, 0.2) is 0 Å². The van der Waals surface area contributed by atoms with E-state index in [2.05, 4.69) is 14.7 Å². The first-order chi connectivity index (χ1) is 9.05. The minimum atomic E-state index is -3.46. The molecule has 7 heteroatoms. The first kappa shape index (κ1) is 13.8. The lowest BCUT2D eigenvalue weighted by atomic mass is 10.3. The Hall–Kier alpha value is -1.66. The highest BCUT2D eigenvalue weighted by Gasteiger charge is 2.12. The first-order valence-corrected chi connectivity index (χ1v) is 7.61. The molecule has 2 aromatic rings. The Morgan fingerprint density at radius 1 is 1.16 bits per heavy atom. The highest BCUT2D eigenvalue weighted by Crippen LogP contribution is 2.11. The van der Waals surface area contributed by atoms with Gasteiger partial charge in [-0.2, -0.15) is 0 Å². The summed E-state index contributed by atoms with van der Waals surface area (Å²) < 4.78 is 26.1. The van der Waals surface area contributed by atoms with Gasteiger partial charge in [-0.1, -0.05) is 23.7 Å². The lowest BCUT2D eigenvalue weighted by molar-refractivity contribution is 0.600. The van der Waals surface area contributed by atoms with Crippen molar-refractivity contribution in [3.63, 3.8) is 0 Å². The fraction of sp³-hybridized carbons (Fsp3) is 0.167. The van der Waals surface area contributed by atoms with Gasteiger partial charge in [-0.25, -0.2) is 13.4 Å². The van der Waals surface area contributed by atoms with Crippen LogP contribution in [0.3, 0.4) is 0 Å². The number of anilines is 1. The molecular weight excluding hydrogens is 286 g/mol. The molecule has 0 atom stereocenters. The molecule has 0 radical (unpaired) electrons. The molecule has 0 aliphatic rings. The topological polar surface area (TPSA) is 72.0 Å². The van der Waals surface area contributed by atoms with Gasteiger partial charge in [0.1, 0.15) is 11.0 Å². The average Bonchev–Trinajstić information content (AvgIpc) is 2.37. The van der Waals surface area contributed by atoms with E-state index in [0.717, 1.165) is 5.69 Å². The molecule has 2 rings (SSSR count). The van der Waals surface area contributed by atoms with Gasteiger partial charge in [0.05, 0.1) is 5.75 Å². The number of aryl methyl sites for hydroxylation is 1. The van der Waals surface area contributed by atoms with Gasteiger partial charge in [-0.3, -0.25) is 9.71 Å². The predicted molar refractivity (Wildman–Crippen MR) is 74.6 cm³/mol. The fourth-order valence-electron chi connectivity index (χ4n) is 1.46. The van der Waals surface area contributed by atoms with Crippen molar-refractivity contribution in [2.24, 2.45) is 0 Å². The van der Waals surface area contributed by atoms with Crippen LogP contribution in [0.15, 0.2) is 42.6 Å². The zero-order valence-corrected chi connectivity index (χ0v) is 11.5. The van der Waals surface area contributed by atoms with Crippen LogP contribution in [0.25, 0.3) is 0 Å². The van der Waals surface area contributed by atoms with Crippen molar-refractivity contribution in [3.05, 3.63) is 53.4 Å². The number of halogens is 1. The van der Waals surface area contributed by atoms with Crippen molar-refractivity contribution < 1.29 is 8.42 Å². The second-order valence-electron chi connectivity index (χ2n) is 3.84. The van der Waals surface area contributed by atoms with E-state index >= 15 is 0 Å². The van der Waals surface area contributed by atoms with Gasteiger partial charge in [0, 0.05) is 18.3 Å². The first-order valence-electron chi connectivity index (χ1n) is 5.58. The maximum atomic E-state index is 11.9. The second-order valence-corrected chi connectivity index (χ2v) is 6.07. The molecule has 0 saturated heterocycles. The molecule has 0 unspecified atom stereocenters. The molecule has 0 saturated carbocycles. The number of pyridine rings is 2. The molecule has 0 spiro atoms. The lowest BCUT2D eigenvalue weighted by Crippen LogP contribution is -2.19. The van der Waals surface area contributed by atoms with E-state index in [4.69, 9.17) is 11.6 Å². The van der Waals surface area contributed by atoms with Crippen LogP contribution in [-0.2, 0) is 16.4 Å². The summed E-state index contributed by atoms with van der Waals surface area (Å²) in [6.45, 7) is 0. The lowest BCUT2D eigenvalue weighted by Gasteiger charge is -2.07. The molecule has 2 heterocycles. The monoisotopic (exact) mass is 297 g/mol. The van der Waals surface area contributed by atoms with E-state index in [0.29, 0.717) is 6.42 Å². The highest BCUT2D eigenvalue weighted by atomic mass is 35.5. The quantitative estimate of drug-likeness (QED) is 0.858. The van der Waals surface area contributed by atoms with Gasteiger partial charge in [-0.15, -0.1) is 0 Å². The minimum Gasteiger partial charge on any atom is -0.267 e. The van der Waals surface area contributed by atoms with Crippen LogP contribution in [0.2, 0.25) is 5.15 Å². The Morgan fingerprint density at radius 2 is 2.00 bits per heavy atom. The van der Waals surface area contributed by atoms with Crippen molar-refractivity contribution in [2.75, 3.05) is 10.5 Å². The Labute approximate surface area is 116 Å². The van der Waals surface area contributed by atoms with Crippen LogP contribution in [-0.4, -0.2) is 24.1 Å². The summed E-state index contributed by atoms with van der Waals surface area (Å²) in [7, 11) is -3.46. The standard InChI is InChI=1S/C12H12ClN3O2S/c13-11-5-3-6-12(15-11)16-19(17,18)9-7-10-4-1-2-8-14-10/h1-6,8H,7,9H2,(H,15,16). The molecule has 1 N–H and O–H groups in total. The van der Waals surface area contributed by atoms with Gasteiger partial charge in [-0.05, 0) is 24.3 Å². The van der Waals surface area contributed by atoms with E-state index in [9.17, 15) is 8.42 Å². The molecule has 0 aliphatic heterocycles. The van der Waals surface area contributed by atoms with Crippen LogP contribution in [0.1, 0.15) is 5.69 Å². The zero-order valence-electron chi connectivity index (χ0n) is 9.95. The van der Waals surface area contributed by atoms with E-state index in [1.54, 1.807) is 36.5 Å². The SMILES string of the molecule is O=S(=O)(CCc1ccccn1)Nc1cccc(Cl)n1. The maximum absolute atomic E-state index is 11.9. The van der Waals surface area contributed by atoms with Crippen molar-refractivity contribution >= 4 is 27.4 Å². The molecular formula is C12H12ClN3O2S. The normalized spacial score (nSPS) is 11.2. The summed E-state index contributed by atoms with van der Waals surface area (Å²) in [4.78, 5) is 7.95. The number of rotatable bonds is 5. The zero-order chi connectivity index (χ0) is 13.7. The Kier molecular flexibility index (Phi) is 4.34. The third kappa shape index (κ3) is 4.50. The van der Waals surface area contributed by atoms with Crippen molar-refractivity contribution in [2.45, 2.75) is 6.42 Å². The molecule has 0 amide bonds. The Balaban J connectivity index is 1.99. The smallest absolute Gasteiger partial charge is 0.234 e. The van der Waals surface area contributed by atoms with Gasteiger partial charge in [0.25, 0.3) is 0 Å². The molecule has 0 aromatic carbocycles. The molecule has 5 nitrogen and oxygen atoms in total. The molecule has 0 aliphatic carbocycles. The third-order valence-corrected chi connectivity index (χ3v) is 3.80. The maximum Gasteiger partial charge on any atom is 0.234 e. The summed E-state index contributed by atoms with van der Waals surface area (Å²) in [6, 6.07) is 10.1.